The summed E-state index contributed by atoms with van der Waals surface area (Å²) in [4.78, 5) is 25.9. The highest BCUT2D eigenvalue weighted by molar-refractivity contribution is 6.01. The number of para-hydroxylation sites is 2. The first-order valence-corrected chi connectivity index (χ1v) is 7.78. The van der Waals surface area contributed by atoms with Crippen LogP contribution in [0, 0.1) is 0 Å². The fourth-order valence-corrected chi connectivity index (χ4v) is 2.63. The van der Waals surface area contributed by atoms with Crippen molar-refractivity contribution in [3.8, 4) is 5.75 Å². The van der Waals surface area contributed by atoms with Gasteiger partial charge in [0, 0.05) is 12.7 Å². The number of amides is 1. The van der Waals surface area contributed by atoms with Crippen LogP contribution in [0.5, 0.6) is 5.75 Å². The first kappa shape index (κ1) is 16.0. The Morgan fingerprint density at radius 2 is 2.12 bits per heavy atom. The van der Waals surface area contributed by atoms with Gasteiger partial charge in [0.15, 0.2) is 6.10 Å². The lowest BCUT2D eigenvalue weighted by Crippen LogP contribution is -2.46. The highest BCUT2D eigenvalue weighted by Crippen LogP contribution is 2.35. The van der Waals surface area contributed by atoms with Crippen LogP contribution in [0.1, 0.15) is 19.0 Å². The van der Waals surface area contributed by atoms with Gasteiger partial charge in [-0.15, -0.1) is 0 Å². The third kappa shape index (κ3) is 3.10. The number of hydrogen-bond acceptors (Lipinski definition) is 5. The van der Waals surface area contributed by atoms with E-state index in [9.17, 15) is 9.59 Å². The molecule has 1 aromatic carbocycles. The van der Waals surface area contributed by atoms with E-state index in [1.165, 1.54) is 7.11 Å². The van der Waals surface area contributed by atoms with E-state index in [1.807, 2.05) is 37.4 Å². The molecule has 7 nitrogen and oxygen atoms in total. The number of carbonyl (C=O) groups is 2. The summed E-state index contributed by atoms with van der Waals surface area (Å²) in [5, 5.41) is 4.42. The predicted molar refractivity (Wildman–Crippen MR) is 86.6 cm³/mol. The van der Waals surface area contributed by atoms with Gasteiger partial charge < -0.3 is 9.47 Å². The fourth-order valence-electron chi connectivity index (χ4n) is 2.63. The third-order valence-electron chi connectivity index (χ3n) is 3.89. The van der Waals surface area contributed by atoms with Gasteiger partial charge in [0.05, 0.1) is 31.5 Å². The number of aryl methyl sites for hydroxylation is 1. The van der Waals surface area contributed by atoms with Gasteiger partial charge in [0.1, 0.15) is 5.75 Å². The number of carbonyl (C=O) groups excluding carboxylic acids is 2. The fraction of sp³-hybridized carbons (Fsp3) is 0.353. The Labute approximate surface area is 139 Å². The molecule has 0 fully saturated rings. The van der Waals surface area contributed by atoms with Gasteiger partial charge in [0.25, 0.3) is 5.91 Å². The number of rotatable bonds is 5. The molecule has 1 atom stereocenters. The molecule has 0 aliphatic carbocycles. The molecule has 1 aliphatic heterocycles. The van der Waals surface area contributed by atoms with Crippen molar-refractivity contribution >= 4 is 17.6 Å². The summed E-state index contributed by atoms with van der Waals surface area (Å²) in [6.07, 6.45) is 0.863. The number of ether oxygens (including phenoxy) is 2. The van der Waals surface area contributed by atoms with Crippen LogP contribution in [-0.4, -0.2) is 34.9 Å². The van der Waals surface area contributed by atoms with Crippen molar-refractivity contribution in [1.29, 1.82) is 0 Å². The molecular formula is C17H19N3O4. The molecule has 1 aliphatic rings. The van der Waals surface area contributed by atoms with Gasteiger partial charge in [0.2, 0.25) is 0 Å². The molecule has 1 aromatic heterocycles. The topological polar surface area (TPSA) is 73.7 Å². The molecule has 0 saturated heterocycles. The van der Waals surface area contributed by atoms with Crippen LogP contribution in [0.15, 0.2) is 36.5 Å². The summed E-state index contributed by atoms with van der Waals surface area (Å²) in [7, 11) is 1.29. The van der Waals surface area contributed by atoms with Crippen LogP contribution in [-0.2, 0) is 27.4 Å². The summed E-state index contributed by atoms with van der Waals surface area (Å²) in [5.41, 5.74) is 1.45. The number of nitrogens with zero attached hydrogens (tertiary/aromatic N) is 3. The van der Waals surface area contributed by atoms with E-state index < -0.39 is 12.1 Å². The number of anilines is 1. The molecular weight excluding hydrogens is 310 g/mol. The van der Waals surface area contributed by atoms with Crippen LogP contribution < -0.4 is 9.64 Å². The largest absolute Gasteiger partial charge is 0.478 e. The first-order valence-electron chi connectivity index (χ1n) is 7.78. The average Bonchev–Trinajstić information content (AvgIpc) is 3.06. The van der Waals surface area contributed by atoms with Crippen molar-refractivity contribution in [3.63, 3.8) is 0 Å². The molecule has 24 heavy (non-hydrogen) atoms. The second-order valence-electron chi connectivity index (χ2n) is 5.44. The van der Waals surface area contributed by atoms with Crippen molar-refractivity contribution in [3.05, 3.63) is 42.2 Å². The smallest absolute Gasteiger partial charge is 0.309 e. The Bertz CT molecular complexity index is 756. The van der Waals surface area contributed by atoms with E-state index in [0.29, 0.717) is 18.0 Å². The average molecular weight is 329 g/mol. The van der Waals surface area contributed by atoms with Gasteiger partial charge in [-0.2, -0.15) is 5.10 Å². The van der Waals surface area contributed by atoms with Crippen molar-refractivity contribution in [1.82, 2.24) is 9.78 Å². The van der Waals surface area contributed by atoms with Crippen LogP contribution in [0.25, 0.3) is 0 Å². The molecule has 0 N–H and O–H groups in total. The lowest BCUT2D eigenvalue weighted by molar-refractivity contribution is -0.145. The molecule has 3 rings (SSSR count). The summed E-state index contributed by atoms with van der Waals surface area (Å²) in [5.74, 6) is -0.186. The molecule has 2 aromatic rings. The molecule has 0 radical (unpaired) electrons. The van der Waals surface area contributed by atoms with Crippen LogP contribution in [0.3, 0.4) is 0 Å². The quantitative estimate of drug-likeness (QED) is 0.782. The minimum atomic E-state index is -0.888. The van der Waals surface area contributed by atoms with Crippen LogP contribution >= 0.6 is 0 Å². The predicted octanol–water partition coefficient (Wildman–Crippen LogP) is 1.76. The maximum absolute atomic E-state index is 12.8. The minimum Gasteiger partial charge on any atom is -0.478 e. The maximum atomic E-state index is 12.8. The highest BCUT2D eigenvalue weighted by atomic mass is 16.5. The zero-order valence-electron chi connectivity index (χ0n) is 13.6. The number of hydrogen-bond donors (Lipinski definition) is 0. The number of methoxy groups -OCH3 is 1. The van der Waals surface area contributed by atoms with E-state index in [-0.39, 0.29) is 12.3 Å². The zero-order chi connectivity index (χ0) is 17.1. The number of benzene rings is 1. The summed E-state index contributed by atoms with van der Waals surface area (Å²) in [6, 6.07) is 9.15. The standard InChI is InChI=1S/C17H19N3O4/c1-3-19-9-8-12(18-19)11-20-13-6-4-5-7-14(13)24-15(17(20)22)10-16(21)23-2/h4-9,15H,3,10-11H2,1-2H3/t15-/m1/s1. The van der Waals surface area contributed by atoms with E-state index in [0.717, 1.165) is 12.2 Å². The zero-order valence-corrected chi connectivity index (χ0v) is 13.6. The summed E-state index contributed by atoms with van der Waals surface area (Å²) < 4.78 is 12.2. The molecule has 0 bridgehead atoms. The van der Waals surface area contributed by atoms with E-state index >= 15 is 0 Å². The van der Waals surface area contributed by atoms with E-state index in [1.54, 1.807) is 15.6 Å². The Balaban J connectivity index is 1.89. The summed E-state index contributed by atoms with van der Waals surface area (Å²) >= 11 is 0. The Morgan fingerprint density at radius 3 is 2.83 bits per heavy atom. The van der Waals surface area contributed by atoms with Gasteiger partial charge in [-0.25, -0.2) is 0 Å². The lowest BCUT2D eigenvalue weighted by Gasteiger charge is -2.33. The van der Waals surface area contributed by atoms with Crippen molar-refractivity contribution in [2.24, 2.45) is 0 Å². The molecule has 1 amide bonds. The normalized spacial score (nSPS) is 16.5. The highest BCUT2D eigenvalue weighted by Gasteiger charge is 2.36. The number of aromatic nitrogens is 2. The Hall–Kier alpha value is -2.83. The maximum Gasteiger partial charge on any atom is 0.309 e. The van der Waals surface area contributed by atoms with Crippen LogP contribution in [0.4, 0.5) is 5.69 Å². The second-order valence-corrected chi connectivity index (χ2v) is 5.44. The Morgan fingerprint density at radius 1 is 1.33 bits per heavy atom. The van der Waals surface area contributed by atoms with Crippen molar-refractivity contribution in [2.75, 3.05) is 12.0 Å². The number of esters is 1. The summed E-state index contributed by atoms with van der Waals surface area (Å²) in [6.45, 7) is 3.08. The van der Waals surface area contributed by atoms with Crippen LogP contribution in [0.2, 0.25) is 0 Å². The second kappa shape index (κ2) is 6.74. The minimum absolute atomic E-state index is 0.121. The van der Waals surface area contributed by atoms with Crippen molar-refractivity contribution < 1.29 is 19.1 Å². The Kier molecular flexibility index (Phi) is 4.50. The third-order valence-corrected chi connectivity index (χ3v) is 3.89. The van der Waals surface area contributed by atoms with Gasteiger partial charge >= 0.3 is 5.97 Å². The van der Waals surface area contributed by atoms with Crippen molar-refractivity contribution in [2.45, 2.75) is 32.5 Å². The van der Waals surface area contributed by atoms with Gasteiger partial charge in [-0.05, 0) is 25.1 Å². The molecule has 126 valence electrons. The molecule has 0 spiro atoms. The molecule has 7 heteroatoms. The molecule has 0 saturated carbocycles. The number of fused-ring (bicyclic) bond motifs is 1. The van der Waals surface area contributed by atoms with E-state index in [4.69, 9.17) is 4.74 Å². The molecule has 2 heterocycles. The lowest BCUT2D eigenvalue weighted by atomic mass is 10.1. The molecule has 0 unspecified atom stereocenters. The van der Waals surface area contributed by atoms with Gasteiger partial charge in [-0.1, -0.05) is 12.1 Å². The first-order chi connectivity index (χ1) is 11.6. The van der Waals surface area contributed by atoms with Gasteiger partial charge in [-0.3, -0.25) is 19.2 Å². The SMILES string of the molecule is CCn1ccc(CN2C(=O)[C@@H](CC(=O)OC)Oc3ccccc32)n1. The van der Waals surface area contributed by atoms with E-state index in [2.05, 4.69) is 9.84 Å². The monoisotopic (exact) mass is 329 g/mol.